The van der Waals surface area contributed by atoms with E-state index < -0.39 is 17.6 Å². The van der Waals surface area contributed by atoms with Crippen molar-refractivity contribution in [2.75, 3.05) is 10.6 Å². The first kappa shape index (κ1) is 18.4. The lowest BCUT2D eigenvalue weighted by atomic mass is 10.2. The van der Waals surface area contributed by atoms with Crippen LogP contribution in [-0.4, -0.2) is 15.9 Å². The second kappa shape index (κ2) is 7.45. The summed E-state index contributed by atoms with van der Waals surface area (Å²) in [5, 5.41) is 5.47. The molecule has 27 heavy (non-hydrogen) atoms. The van der Waals surface area contributed by atoms with E-state index in [4.69, 9.17) is 0 Å². The molecule has 0 saturated carbocycles. The summed E-state index contributed by atoms with van der Waals surface area (Å²) < 4.78 is 38.3. The number of aryl methyl sites for hydroxylation is 1. The smallest absolute Gasteiger partial charge is 0.339 e. The normalized spacial score (nSPS) is 11.1. The molecule has 0 radical (unpaired) electrons. The van der Waals surface area contributed by atoms with Gasteiger partial charge in [-0.25, -0.2) is 9.97 Å². The van der Waals surface area contributed by atoms with Gasteiger partial charge in [0.1, 0.15) is 11.5 Å². The third kappa shape index (κ3) is 4.60. The molecule has 1 aromatic heterocycles. The van der Waals surface area contributed by atoms with Gasteiger partial charge in [0, 0.05) is 11.4 Å². The fraction of sp³-hybridized carbons (Fsp3) is 0.105. The monoisotopic (exact) mass is 372 g/mol. The van der Waals surface area contributed by atoms with E-state index in [2.05, 4.69) is 20.6 Å². The van der Waals surface area contributed by atoms with Gasteiger partial charge in [0.15, 0.2) is 0 Å². The van der Waals surface area contributed by atoms with Crippen molar-refractivity contribution in [3.63, 3.8) is 0 Å². The summed E-state index contributed by atoms with van der Waals surface area (Å²) in [6.07, 6.45) is -1.89. The van der Waals surface area contributed by atoms with Crippen molar-refractivity contribution in [3.8, 4) is 0 Å². The highest BCUT2D eigenvalue weighted by Crippen LogP contribution is 2.31. The van der Waals surface area contributed by atoms with E-state index in [-0.39, 0.29) is 17.2 Å². The number of nitrogens with zero attached hydrogens (tertiary/aromatic N) is 2. The Bertz CT molecular complexity index is 956. The molecule has 2 aromatic carbocycles. The standard InChI is InChI=1S/C19H15F3N4O/c1-12-5-2-3-8-15(12)26-18(27)16-10-24-17(11-23-16)25-14-7-4-6-13(9-14)19(20,21)22/h2-11H,1H3,(H,24,25)(H,26,27). The minimum absolute atomic E-state index is 0.0906. The van der Waals surface area contributed by atoms with Gasteiger partial charge < -0.3 is 10.6 Å². The van der Waals surface area contributed by atoms with Crippen molar-refractivity contribution >= 4 is 23.1 Å². The third-order valence-electron chi connectivity index (χ3n) is 3.74. The molecular formula is C19H15F3N4O. The molecule has 8 heteroatoms. The van der Waals surface area contributed by atoms with Crippen molar-refractivity contribution < 1.29 is 18.0 Å². The largest absolute Gasteiger partial charge is 0.416 e. The Labute approximate surface area is 153 Å². The minimum atomic E-state index is -4.43. The van der Waals surface area contributed by atoms with Gasteiger partial charge in [-0.1, -0.05) is 24.3 Å². The molecule has 3 aromatic rings. The zero-order valence-electron chi connectivity index (χ0n) is 14.2. The molecular weight excluding hydrogens is 357 g/mol. The Morgan fingerprint density at radius 1 is 1.00 bits per heavy atom. The number of para-hydroxylation sites is 1. The van der Waals surface area contributed by atoms with E-state index in [0.717, 1.165) is 17.7 Å². The zero-order chi connectivity index (χ0) is 19.4. The Morgan fingerprint density at radius 2 is 1.78 bits per heavy atom. The molecule has 3 rings (SSSR count). The fourth-order valence-electron chi connectivity index (χ4n) is 2.33. The average molecular weight is 372 g/mol. The maximum atomic E-state index is 12.8. The van der Waals surface area contributed by atoms with Crippen LogP contribution < -0.4 is 10.6 Å². The molecule has 0 aliphatic rings. The maximum Gasteiger partial charge on any atom is 0.416 e. The number of hydrogen-bond donors (Lipinski definition) is 2. The Balaban J connectivity index is 1.70. The number of halogens is 3. The van der Waals surface area contributed by atoms with Crippen molar-refractivity contribution in [3.05, 3.63) is 77.7 Å². The van der Waals surface area contributed by atoms with Crippen LogP contribution in [0.15, 0.2) is 60.9 Å². The number of rotatable bonds is 4. The van der Waals surface area contributed by atoms with Gasteiger partial charge >= 0.3 is 6.18 Å². The fourth-order valence-corrected chi connectivity index (χ4v) is 2.33. The van der Waals surface area contributed by atoms with E-state index in [1.807, 2.05) is 19.1 Å². The molecule has 0 spiro atoms. The second-order valence-corrected chi connectivity index (χ2v) is 5.76. The third-order valence-corrected chi connectivity index (χ3v) is 3.74. The van der Waals surface area contributed by atoms with Gasteiger partial charge in [-0.3, -0.25) is 4.79 Å². The number of hydrogen-bond acceptors (Lipinski definition) is 4. The van der Waals surface area contributed by atoms with Crippen LogP contribution in [0.25, 0.3) is 0 Å². The molecule has 0 fully saturated rings. The van der Waals surface area contributed by atoms with Gasteiger partial charge in [0.2, 0.25) is 0 Å². The summed E-state index contributed by atoms with van der Waals surface area (Å²) in [5.41, 5.74) is 1.11. The van der Waals surface area contributed by atoms with Crippen LogP contribution in [0, 0.1) is 6.92 Å². The van der Waals surface area contributed by atoms with Gasteiger partial charge in [0.25, 0.3) is 5.91 Å². The SMILES string of the molecule is Cc1ccccc1NC(=O)c1cnc(Nc2cccc(C(F)(F)F)c2)cn1. The number of anilines is 3. The lowest BCUT2D eigenvalue weighted by Gasteiger charge is -2.10. The average Bonchev–Trinajstić information content (AvgIpc) is 2.64. The van der Waals surface area contributed by atoms with Crippen molar-refractivity contribution in [2.45, 2.75) is 13.1 Å². The van der Waals surface area contributed by atoms with Crippen molar-refractivity contribution in [1.29, 1.82) is 0 Å². The minimum Gasteiger partial charge on any atom is -0.339 e. The number of amides is 1. The number of nitrogens with one attached hydrogen (secondary N) is 2. The molecule has 1 heterocycles. The lowest BCUT2D eigenvalue weighted by Crippen LogP contribution is -2.15. The second-order valence-electron chi connectivity index (χ2n) is 5.76. The van der Waals surface area contributed by atoms with Gasteiger partial charge in [-0.2, -0.15) is 13.2 Å². The number of alkyl halides is 3. The molecule has 2 N–H and O–H groups in total. The van der Waals surface area contributed by atoms with Crippen molar-refractivity contribution in [2.24, 2.45) is 0 Å². The lowest BCUT2D eigenvalue weighted by molar-refractivity contribution is -0.137. The van der Waals surface area contributed by atoms with E-state index >= 15 is 0 Å². The van der Waals surface area contributed by atoms with Crippen LogP contribution in [0.3, 0.4) is 0 Å². The Kier molecular flexibility index (Phi) is 5.07. The van der Waals surface area contributed by atoms with Gasteiger partial charge in [-0.15, -0.1) is 0 Å². The molecule has 0 aliphatic carbocycles. The summed E-state index contributed by atoms with van der Waals surface area (Å²) in [6, 6.07) is 12.0. The number of carbonyl (C=O) groups excluding carboxylic acids is 1. The summed E-state index contributed by atoms with van der Waals surface area (Å²) >= 11 is 0. The summed E-state index contributed by atoms with van der Waals surface area (Å²) in [6.45, 7) is 1.86. The highest BCUT2D eigenvalue weighted by molar-refractivity contribution is 6.03. The maximum absolute atomic E-state index is 12.8. The molecule has 5 nitrogen and oxygen atoms in total. The topological polar surface area (TPSA) is 66.9 Å². The van der Waals surface area contributed by atoms with Crippen LogP contribution in [0.1, 0.15) is 21.6 Å². The molecule has 0 aliphatic heterocycles. The summed E-state index contributed by atoms with van der Waals surface area (Å²) in [5.74, 6) is -0.204. The predicted molar refractivity (Wildman–Crippen MR) is 95.9 cm³/mol. The van der Waals surface area contributed by atoms with Crippen LogP contribution in [-0.2, 0) is 6.18 Å². The molecule has 0 unspecified atom stereocenters. The highest BCUT2D eigenvalue weighted by atomic mass is 19.4. The summed E-state index contributed by atoms with van der Waals surface area (Å²) in [4.78, 5) is 20.3. The molecule has 1 amide bonds. The molecule has 0 saturated heterocycles. The van der Waals surface area contributed by atoms with Crippen LogP contribution in [0.5, 0.6) is 0 Å². The first-order chi connectivity index (χ1) is 12.8. The van der Waals surface area contributed by atoms with Crippen molar-refractivity contribution in [1.82, 2.24) is 9.97 Å². The highest BCUT2D eigenvalue weighted by Gasteiger charge is 2.30. The van der Waals surface area contributed by atoms with E-state index in [9.17, 15) is 18.0 Å². The molecule has 0 bridgehead atoms. The van der Waals surface area contributed by atoms with Crippen LogP contribution >= 0.6 is 0 Å². The first-order valence-electron chi connectivity index (χ1n) is 7.96. The molecule has 138 valence electrons. The quantitative estimate of drug-likeness (QED) is 0.690. The Morgan fingerprint density at radius 3 is 2.44 bits per heavy atom. The predicted octanol–water partition coefficient (Wildman–Crippen LogP) is 4.80. The number of benzene rings is 2. The van der Waals surface area contributed by atoms with E-state index in [1.165, 1.54) is 24.5 Å². The van der Waals surface area contributed by atoms with Crippen LogP contribution in [0.4, 0.5) is 30.4 Å². The number of carbonyl (C=O) groups is 1. The van der Waals surface area contributed by atoms with Crippen LogP contribution in [0.2, 0.25) is 0 Å². The number of aromatic nitrogens is 2. The molecule has 0 atom stereocenters. The van der Waals surface area contributed by atoms with E-state index in [1.54, 1.807) is 12.1 Å². The first-order valence-corrected chi connectivity index (χ1v) is 7.96. The zero-order valence-corrected chi connectivity index (χ0v) is 14.2. The van der Waals surface area contributed by atoms with Gasteiger partial charge in [-0.05, 0) is 36.8 Å². The van der Waals surface area contributed by atoms with Gasteiger partial charge in [0.05, 0.1) is 18.0 Å². The van der Waals surface area contributed by atoms with E-state index in [0.29, 0.717) is 5.69 Å². The Hall–Kier alpha value is -3.42. The summed E-state index contributed by atoms with van der Waals surface area (Å²) in [7, 11) is 0.